The highest BCUT2D eigenvalue weighted by molar-refractivity contribution is 5.42. The second-order valence-electron chi connectivity index (χ2n) is 5.90. The van der Waals surface area contributed by atoms with E-state index >= 15 is 0 Å². The number of fused-ring (bicyclic) bond motifs is 1. The topological polar surface area (TPSA) is 46.2 Å². The molecule has 0 spiro atoms. The van der Waals surface area contributed by atoms with E-state index in [1.807, 2.05) is 6.92 Å². The van der Waals surface area contributed by atoms with Crippen molar-refractivity contribution >= 4 is 0 Å². The minimum absolute atomic E-state index is 0.243. The van der Waals surface area contributed by atoms with Crippen molar-refractivity contribution in [2.24, 2.45) is 11.7 Å². The number of nitrogens with two attached hydrogens (primary N) is 1. The van der Waals surface area contributed by atoms with E-state index in [9.17, 15) is 5.11 Å². The van der Waals surface area contributed by atoms with Crippen molar-refractivity contribution in [1.29, 1.82) is 0 Å². The van der Waals surface area contributed by atoms with E-state index in [4.69, 9.17) is 5.73 Å². The molecule has 2 nitrogen and oxygen atoms in total. The van der Waals surface area contributed by atoms with Crippen LogP contribution < -0.4 is 5.73 Å². The van der Waals surface area contributed by atoms with E-state index in [-0.39, 0.29) is 11.3 Å². The summed E-state index contributed by atoms with van der Waals surface area (Å²) in [7, 11) is 0. The first kappa shape index (κ1) is 13.6. The Kier molecular flexibility index (Phi) is 3.52. The Hall–Kier alpha value is -0.860. The first-order valence-electron chi connectivity index (χ1n) is 7.00. The van der Waals surface area contributed by atoms with Crippen LogP contribution in [0.2, 0.25) is 0 Å². The van der Waals surface area contributed by atoms with E-state index in [1.54, 1.807) is 0 Å². The van der Waals surface area contributed by atoms with Gasteiger partial charge >= 0.3 is 0 Å². The van der Waals surface area contributed by atoms with Crippen molar-refractivity contribution in [3.05, 3.63) is 35.4 Å². The van der Waals surface area contributed by atoms with Crippen LogP contribution in [0.15, 0.2) is 24.3 Å². The van der Waals surface area contributed by atoms with Gasteiger partial charge in [0.1, 0.15) is 0 Å². The van der Waals surface area contributed by atoms with Crippen molar-refractivity contribution in [3.63, 3.8) is 0 Å². The molecule has 3 atom stereocenters. The molecule has 3 N–H and O–H groups in total. The maximum atomic E-state index is 11.1. The molecule has 18 heavy (non-hydrogen) atoms. The van der Waals surface area contributed by atoms with Crippen LogP contribution in [0.25, 0.3) is 0 Å². The summed E-state index contributed by atoms with van der Waals surface area (Å²) in [6.45, 7) is 6.74. The third kappa shape index (κ3) is 1.70. The van der Waals surface area contributed by atoms with Gasteiger partial charge in [-0.3, -0.25) is 0 Å². The van der Waals surface area contributed by atoms with Crippen LogP contribution in [0.1, 0.15) is 44.7 Å². The van der Waals surface area contributed by atoms with Crippen LogP contribution >= 0.6 is 0 Å². The van der Waals surface area contributed by atoms with Crippen LogP contribution in [0.5, 0.6) is 0 Å². The van der Waals surface area contributed by atoms with E-state index < -0.39 is 5.60 Å². The molecule has 0 saturated heterocycles. The van der Waals surface area contributed by atoms with Crippen molar-refractivity contribution in [2.75, 3.05) is 6.54 Å². The van der Waals surface area contributed by atoms with Gasteiger partial charge in [0.05, 0.1) is 5.60 Å². The minimum atomic E-state index is -0.747. The van der Waals surface area contributed by atoms with Gasteiger partial charge in [0, 0.05) is 12.0 Å². The molecule has 0 heterocycles. The van der Waals surface area contributed by atoms with E-state index in [0.29, 0.717) is 6.54 Å². The van der Waals surface area contributed by atoms with E-state index in [1.165, 1.54) is 11.1 Å². The highest BCUT2D eigenvalue weighted by Gasteiger charge is 2.52. The third-order valence-electron chi connectivity index (χ3n) is 5.24. The fraction of sp³-hybridized carbons (Fsp3) is 0.625. The van der Waals surface area contributed by atoms with Crippen molar-refractivity contribution in [1.82, 2.24) is 0 Å². The fourth-order valence-corrected chi connectivity index (χ4v) is 3.50. The third-order valence-corrected chi connectivity index (χ3v) is 5.24. The zero-order chi connectivity index (χ0) is 13.4. The normalized spacial score (nSPS) is 27.6. The average molecular weight is 247 g/mol. The quantitative estimate of drug-likeness (QED) is 0.859. The fourth-order valence-electron chi connectivity index (χ4n) is 3.50. The summed E-state index contributed by atoms with van der Waals surface area (Å²) in [5.41, 5.74) is 7.69. The predicted octanol–water partition coefficient (Wildman–Crippen LogP) is 2.63. The van der Waals surface area contributed by atoms with Gasteiger partial charge < -0.3 is 10.8 Å². The molecule has 3 unspecified atom stereocenters. The second kappa shape index (κ2) is 4.67. The van der Waals surface area contributed by atoms with Gasteiger partial charge in [-0.25, -0.2) is 0 Å². The molecule has 2 heteroatoms. The van der Waals surface area contributed by atoms with Crippen LogP contribution in [-0.4, -0.2) is 17.3 Å². The standard InChI is InChI=1S/C16H25NO/c1-4-12(2)15(3,18)16(11-17)10-9-13-7-5-6-8-14(13)16/h5-8,12,18H,4,9-11,17H2,1-3H3. The summed E-state index contributed by atoms with van der Waals surface area (Å²) in [6.07, 6.45) is 2.96. The molecule has 100 valence electrons. The van der Waals surface area contributed by atoms with Crippen molar-refractivity contribution in [3.8, 4) is 0 Å². The Morgan fingerprint density at radius 3 is 2.72 bits per heavy atom. The second-order valence-corrected chi connectivity index (χ2v) is 5.90. The minimum Gasteiger partial charge on any atom is -0.389 e. The molecule has 0 amide bonds. The molecule has 1 aliphatic rings. The molecule has 1 aromatic rings. The summed E-state index contributed by atoms with van der Waals surface area (Å²) < 4.78 is 0. The molecule has 0 aromatic heterocycles. The van der Waals surface area contributed by atoms with Crippen molar-refractivity contribution < 1.29 is 5.11 Å². The molecular weight excluding hydrogens is 222 g/mol. The monoisotopic (exact) mass is 247 g/mol. The zero-order valence-electron chi connectivity index (χ0n) is 11.7. The van der Waals surface area contributed by atoms with Gasteiger partial charge in [-0.15, -0.1) is 0 Å². The molecule has 0 aliphatic heterocycles. The van der Waals surface area contributed by atoms with Gasteiger partial charge in [-0.1, -0.05) is 44.5 Å². The number of aryl methyl sites for hydroxylation is 1. The smallest absolute Gasteiger partial charge is 0.0753 e. The molecular formula is C16H25NO. The summed E-state index contributed by atoms with van der Waals surface area (Å²) in [5.74, 6) is 0.243. The molecule has 1 aromatic carbocycles. The largest absolute Gasteiger partial charge is 0.389 e. The Bertz CT molecular complexity index is 427. The lowest BCUT2D eigenvalue weighted by atomic mass is 9.63. The lowest BCUT2D eigenvalue weighted by Gasteiger charge is -2.46. The van der Waals surface area contributed by atoms with Crippen LogP contribution in [0, 0.1) is 5.92 Å². The van der Waals surface area contributed by atoms with E-state index in [2.05, 4.69) is 38.1 Å². The Morgan fingerprint density at radius 2 is 2.11 bits per heavy atom. The highest BCUT2D eigenvalue weighted by atomic mass is 16.3. The maximum absolute atomic E-state index is 11.1. The van der Waals surface area contributed by atoms with Crippen LogP contribution in [-0.2, 0) is 11.8 Å². The molecule has 0 fully saturated rings. The predicted molar refractivity (Wildman–Crippen MR) is 75.6 cm³/mol. The molecule has 0 saturated carbocycles. The molecule has 1 aliphatic carbocycles. The summed E-state index contributed by atoms with van der Waals surface area (Å²) in [4.78, 5) is 0. The number of rotatable bonds is 4. The van der Waals surface area contributed by atoms with Gasteiger partial charge in [-0.05, 0) is 36.8 Å². The lowest BCUT2D eigenvalue weighted by Crippen LogP contribution is -2.56. The van der Waals surface area contributed by atoms with E-state index in [0.717, 1.165) is 19.3 Å². The Labute approximate surface area is 110 Å². The number of benzene rings is 1. The molecule has 0 bridgehead atoms. The van der Waals surface area contributed by atoms with Crippen LogP contribution in [0.4, 0.5) is 0 Å². The Morgan fingerprint density at radius 1 is 1.44 bits per heavy atom. The highest BCUT2D eigenvalue weighted by Crippen LogP contribution is 2.49. The molecule has 2 rings (SSSR count). The molecule has 0 radical (unpaired) electrons. The summed E-state index contributed by atoms with van der Waals surface area (Å²) in [6, 6.07) is 8.44. The first-order valence-corrected chi connectivity index (χ1v) is 7.00. The number of hydrogen-bond acceptors (Lipinski definition) is 2. The maximum Gasteiger partial charge on any atom is 0.0753 e. The van der Waals surface area contributed by atoms with Gasteiger partial charge in [0.2, 0.25) is 0 Å². The van der Waals surface area contributed by atoms with Gasteiger partial charge in [0.15, 0.2) is 0 Å². The van der Waals surface area contributed by atoms with Crippen molar-refractivity contribution in [2.45, 2.75) is 51.0 Å². The number of aliphatic hydroxyl groups is 1. The average Bonchev–Trinajstić information content (AvgIpc) is 2.78. The summed E-state index contributed by atoms with van der Waals surface area (Å²) >= 11 is 0. The SMILES string of the molecule is CCC(C)C(C)(O)C1(CN)CCc2ccccc21. The Balaban J connectivity index is 2.52. The lowest BCUT2D eigenvalue weighted by molar-refractivity contribution is -0.0658. The van der Waals surface area contributed by atoms with Gasteiger partial charge in [0.25, 0.3) is 0 Å². The van der Waals surface area contributed by atoms with Crippen LogP contribution in [0.3, 0.4) is 0 Å². The van der Waals surface area contributed by atoms with Gasteiger partial charge in [-0.2, -0.15) is 0 Å². The number of hydrogen-bond donors (Lipinski definition) is 2. The summed E-state index contributed by atoms with van der Waals surface area (Å²) in [5, 5.41) is 11.1. The zero-order valence-corrected chi connectivity index (χ0v) is 11.7. The first-order chi connectivity index (χ1) is 8.49.